The maximum absolute atomic E-state index is 13.3. The fourth-order valence-corrected chi connectivity index (χ4v) is 4.52. The predicted octanol–water partition coefficient (Wildman–Crippen LogP) is 4.26. The van der Waals surface area contributed by atoms with E-state index in [4.69, 9.17) is 4.74 Å². The molecule has 190 valence electrons. The number of piperazine rings is 1. The maximum atomic E-state index is 13.3. The van der Waals surface area contributed by atoms with Crippen LogP contribution in [-0.2, 0) is 4.79 Å². The number of carbonyl (C=O) groups is 1. The number of para-hydroxylation sites is 1. The number of hydrogen-bond acceptors (Lipinski definition) is 5. The zero-order valence-electron chi connectivity index (χ0n) is 21.3. The molecule has 1 heterocycles. The Labute approximate surface area is 213 Å². The van der Waals surface area contributed by atoms with Gasteiger partial charge in [0.2, 0.25) is 0 Å². The highest BCUT2D eigenvalue weighted by Gasteiger charge is 2.26. The zero-order valence-corrected chi connectivity index (χ0v) is 21.3. The number of ether oxygens (including phenoxy) is 1. The van der Waals surface area contributed by atoms with Crippen molar-refractivity contribution in [1.29, 1.82) is 0 Å². The van der Waals surface area contributed by atoms with Crippen LogP contribution < -0.4 is 19.9 Å². The molecule has 1 aliphatic heterocycles. The van der Waals surface area contributed by atoms with Crippen molar-refractivity contribution in [3.63, 3.8) is 0 Å². The van der Waals surface area contributed by atoms with Gasteiger partial charge >= 0.3 is 0 Å². The van der Waals surface area contributed by atoms with Gasteiger partial charge in [-0.25, -0.2) is 4.39 Å². The molecule has 7 heteroatoms. The van der Waals surface area contributed by atoms with Gasteiger partial charge in [-0.1, -0.05) is 30.3 Å². The van der Waals surface area contributed by atoms with Crippen LogP contribution in [0.5, 0.6) is 5.75 Å². The van der Waals surface area contributed by atoms with E-state index in [2.05, 4.69) is 44.3 Å². The Kier molecular flexibility index (Phi) is 8.44. The summed E-state index contributed by atoms with van der Waals surface area (Å²) in [4.78, 5) is 19.4. The molecule has 0 aromatic heterocycles. The summed E-state index contributed by atoms with van der Waals surface area (Å²) in [5, 5.41) is 3.08. The van der Waals surface area contributed by atoms with Crippen molar-refractivity contribution in [3.05, 3.63) is 89.7 Å². The van der Waals surface area contributed by atoms with E-state index >= 15 is 0 Å². The molecule has 0 radical (unpaired) electrons. The number of aryl methyl sites for hydroxylation is 1. The molecule has 6 nitrogen and oxygen atoms in total. The van der Waals surface area contributed by atoms with Gasteiger partial charge in [-0.3, -0.25) is 9.69 Å². The van der Waals surface area contributed by atoms with E-state index in [0.717, 1.165) is 54.4 Å². The molecule has 0 aliphatic carbocycles. The third-order valence-corrected chi connectivity index (χ3v) is 6.69. The van der Waals surface area contributed by atoms with Crippen LogP contribution in [0.25, 0.3) is 0 Å². The fourth-order valence-electron chi connectivity index (χ4n) is 4.52. The van der Waals surface area contributed by atoms with Crippen LogP contribution in [0.3, 0.4) is 0 Å². The number of anilines is 2. The van der Waals surface area contributed by atoms with Gasteiger partial charge in [-0.2, -0.15) is 0 Å². The average Bonchev–Trinajstić information content (AvgIpc) is 2.89. The summed E-state index contributed by atoms with van der Waals surface area (Å²) in [5.41, 5.74) is 4.33. The molecule has 36 heavy (non-hydrogen) atoms. The Balaban J connectivity index is 1.40. The van der Waals surface area contributed by atoms with E-state index in [1.165, 1.54) is 12.1 Å². The summed E-state index contributed by atoms with van der Waals surface area (Å²) in [6.07, 6.45) is 0. The van der Waals surface area contributed by atoms with Gasteiger partial charge in [0.25, 0.3) is 5.91 Å². The van der Waals surface area contributed by atoms with Crippen molar-refractivity contribution in [1.82, 2.24) is 10.2 Å². The number of halogens is 1. The fraction of sp³-hybridized carbons (Fsp3) is 0.345. The Morgan fingerprint density at radius 2 is 1.64 bits per heavy atom. The Bertz CT molecular complexity index is 1130. The number of nitrogens with one attached hydrogen (secondary N) is 1. The number of hydrogen-bond donors (Lipinski definition) is 1. The Morgan fingerprint density at radius 3 is 2.28 bits per heavy atom. The molecule has 4 rings (SSSR count). The molecule has 1 aliphatic rings. The molecular weight excluding hydrogens is 455 g/mol. The first kappa shape index (κ1) is 25.5. The van der Waals surface area contributed by atoms with E-state index in [1.54, 1.807) is 0 Å². The Morgan fingerprint density at radius 1 is 0.972 bits per heavy atom. The molecule has 1 fully saturated rings. The second-order valence-corrected chi connectivity index (χ2v) is 9.36. The van der Waals surface area contributed by atoms with Gasteiger partial charge in [0.15, 0.2) is 6.61 Å². The van der Waals surface area contributed by atoms with E-state index < -0.39 is 0 Å². The normalized spacial score (nSPS) is 14.8. The third-order valence-electron chi connectivity index (χ3n) is 6.69. The first-order chi connectivity index (χ1) is 17.4. The highest BCUT2D eigenvalue weighted by Crippen LogP contribution is 2.26. The molecule has 0 saturated carbocycles. The van der Waals surface area contributed by atoms with Gasteiger partial charge in [0.1, 0.15) is 11.6 Å². The minimum Gasteiger partial charge on any atom is -0.484 e. The van der Waals surface area contributed by atoms with Crippen molar-refractivity contribution < 1.29 is 13.9 Å². The molecule has 0 spiro atoms. The van der Waals surface area contributed by atoms with Gasteiger partial charge in [0.05, 0.1) is 6.04 Å². The second kappa shape index (κ2) is 11.9. The molecule has 0 unspecified atom stereocenters. The van der Waals surface area contributed by atoms with E-state index in [9.17, 15) is 9.18 Å². The largest absolute Gasteiger partial charge is 0.484 e. The van der Waals surface area contributed by atoms with Crippen LogP contribution in [0, 0.1) is 12.7 Å². The Hall–Kier alpha value is -3.58. The molecule has 1 N–H and O–H groups in total. The lowest BCUT2D eigenvalue weighted by Gasteiger charge is -2.40. The number of amides is 1. The highest BCUT2D eigenvalue weighted by atomic mass is 19.1. The van der Waals surface area contributed by atoms with E-state index in [-0.39, 0.29) is 24.4 Å². The van der Waals surface area contributed by atoms with Crippen molar-refractivity contribution >= 4 is 17.3 Å². The SMILES string of the molecule is Cc1ccccc1OCC(=O)NC[C@H](c1ccc(N(C)C)cc1)N1CCN(c2ccc(F)cc2)CC1. The lowest BCUT2D eigenvalue weighted by Crippen LogP contribution is -2.50. The molecular formula is C29H35FN4O2. The first-order valence-corrected chi connectivity index (χ1v) is 12.4. The quantitative estimate of drug-likeness (QED) is 0.486. The van der Waals surface area contributed by atoms with E-state index in [0.29, 0.717) is 6.54 Å². The summed E-state index contributed by atoms with van der Waals surface area (Å²) >= 11 is 0. The molecule has 3 aromatic rings. The number of benzene rings is 3. The maximum Gasteiger partial charge on any atom is 0.258 e. The summed E-state index contributed by atoms with van der Waals surface area (Å²) in [5.74, 6) is 0.360. The highest BCUT2D eigenvalue weighted by molar-refractivity contribution is 5.77. The van der Waals surface area contributed by atoms with Crippen molar-refractivity contribution in [2.75, 3.05) is 63.2 Å². The standard InChI is InChI=1S/C29H35FN4O2/c1-22-6-4-5-7-28(22)36-21-29(35)31-20-27(23-8-12-25(13-9-23)32(2)3)34-18-16-33(17-19-34)26-14-10-24(30)11-15-26/h4-15,27H,16-21H2,1-3H3,(H,31,35)/t27-/m1/s1. The topological polar surface area (TPSA) is 48.1 Å². The molecule has 1 atom stereocenters. The van der Waals surface area contributed by atoms with Crippen LogP contribution >= 0.6 is 0 Å². The predicted molar refractivity (Wildman–Crippen MR) is 143 cm³/mol. The number of nitrogens with zero attached hydrogens (tertiary/aromatic N) is 3. The number of rotatable bonds is 9. The molecule has 0 bridgehead atoms. The minimum atomic E-state index is -0.222. The van der Waals surface area contributed by atoms with Crippen molar-refractivity contribution in [2.24, 2.45) is 0 Å². The van der Waals surface area contributed by atoms with Gasteiger partial charge in [-0.05, 0) is 60.5 Å². The smallest absolute Gasteiger partial charge is 0.258 e. The lowest BCUT2D eigenvalue weighted by molar-refractivity contribution is -0.123. The summed E-state index contributed by atoms with van der Waals surface area (Å²) in [6.45, 7) is 5.79. The lowest BCUT2D eigenvalue weighted by atomic mass is 10.0. The van der Waals surface area contributed by atoms with Crippen LogP contribution in [0.4, 0.5) is 15.8 Å². The van der Waals surface area contributed by atoms with Crippen LogP contribution in [0.2, 0.25) is 0 Å². The minimum absolute atomic E-state index is 0.0184. The van der Waals surface area contributed by atoms with Crippen molar-refractivity contribution in [2.45, 2.75) is 13.0 Å². The van der Waals surface area contributed by atoms with E-state index in [1.807, 2.05) is 57.4 Å². The van der Waals surface area contributed by atoms with Crippen molar-refractivity contribution in [3.8, 4) is 5.75 Å². The number of carbonyl (C=O) groups excluding carboxylic acids is 1. The molecule has 1 saturated heterocycles. The van der Waals surface area contributed by atoms with Crippen LogP contribution in [0.15, 0.2) is 72.8 Å². The molecule has 3 aromatic carbocycles. The monoisotopic (exact) mass is 490 g/mol. The second-order valence-electron chi connectivity index (χ2n) is 9.36. The van der Waals surface area contributed by atoms with Gasteiger partial charge < -0.3 is 19.9 Å². The van der Waals surface area contributed by atoms with Gasteiger partial charge in [-0.15, -0.1) is 0 Å². The third kappa shape index (κ3) is 6.55. The molecule has 1 amide bonds. The van der Waals surface area contributed by atoms with Gasteiger partial charge in [0, 0.05) is 58.2 Å². The van der Waals surface area contributed by atoms with Crippen LogP contribution in [0.1, 0.15) is 17.2 Å². The van der Waals surface area contributed by atoms with Crippen LogP contribution in [-0.4, -0.2) is 64.2 Å². The first-order valence-electron chi connectivity index (χ1n) is 12.4. The summed E-state index contributed by atoms with van der Waals surface area (Å²) in [7, 11) is 4.05. The summed E-state index contributed by atoms with van der Waals surface area (Å²) in [6, 6.07) is 22.9. The zero-order chi connectivity index (χ0) is 25.5. The average molecular weight is 491 g/mol. The summed E-state index contributed by atoms with van der Waals surface area (Å²) < 4.78 is 19.1.